The van der Waals surface area contributed by atoms with Gasteiger partial charge in [-0.05, 0) is 45.1 Å². The van der Waals surface area contributed by atoms with Gasteiger partial charge in [-0.15, -0.1) is 0 Å². The van der Waals surface area contributed by atoms with E-state index in [0.717, 1.165) is 42.8 Å². The molecule has 0 radical (unpaired) electrons. The second kappa shape index (κ2) is 10.5. The number of hydrogen-bond donors (Lipinski definition) is 2. The number of benzene rings is 1. The van der Waals surface area contributed by atoms with E-state index in [1.165, 1.54) is 18.4 Å². The van der Waals surface area contributed by atoms with Crippen LogP contribution in [0, 0.1) is 18.8 Å². The zero-order valence-electron chi connectivity index (χ0n) is 17.0. The Kier molecular flexibility index (Phi) is 8.09. The Morgan fingerprint density at radius 1 is 1.11 bits per heavy atom. The van der Waals surface area contributed by atoms with Crippen molar-refractivity contribution >= 4 is 11.8 Å². The molecule has 2 rings (SSSR count). The van der Waals surface area contributed by atoms with Crippen LogP contribution in [0.4, 0.5) is 11.8 Å². The number of hydrogen-bond acceptors (Lipinski definition) is 5. The number of anilines is 2. The number of nitrogens with two attached hydrogens (primary N) is 1. The molecule has 0 unspecified atom stereocenters. The van der Waals surface area contributed by atoms with Gasteiger partial charge in [0.25, 0.3) is 0 Å². The molecule has 1 heterocycles. The van der Waals surface area contributed by atoms with Gasteiger partial charge < -0.3 is 11.1 Å². The maximum absolute atomic E-state index is 6.21. The lowest BCUT2D eigenvalue weighted by molar-refractivity contribution is 0.464. The molecule has 5 heteroatoms. The summed E-state index contributed by atoms with van der Waals surface area (Å²) in [6, 6.07) is 8.28. The van der Waals surface area contributed by atoms with Gasteiger partial charge in [0, 0.05) is 29.8 Å². The molecule has 0 aliphatic heterocycles. The van der Waals surface area contributed by atoms with Gasteiger partial charge in [0.15, 0.2) is 0 Å². The molecule has 2 aromatic rings. The lowest BCUT2D eigenvalue weighted by atomic mass is 10.0. The molecule has 1 aromatic carbocycles. The van der Waals surface area contributed by atoms with Crippen molar-refractivity contribution in [2.24, 2.45) is 0 Å². The van der Waals surface area contributed by atoms with Gasteiger partial charge in [-0.25, -0.2) is 4.98 Å². The Morgan fingerprint density at radius 3 is 2.48 bits per heavy atom. The van der Waals surface area contributed by atoms with Crippen LogP contribution in [-0.2, 0) is 6.42 Å². The minimum absolute atomic E-state index is 0.551. The predicted octanol–water partition coefficient (Wildman–Crippen LogP) is 3.47. The van der Waals surface area contributed by atoms with E-state index in [1.54, 1.807) is 0 Å². The fourth-order valence-corrected chi connectivity index (χ4v) is 2.70. The Balaban J connectivity index is 2.02. The van der Waals surface area contributed by atoms with Gasteiger partial charge in [0.2, 0.25) is 5.95 Å². The zero-order valence-corrected chi connectivity index (χ0v) is 17.0. The summed E-state index contributed by atoms with van der Waals surface area (Å²) in [7, 11) is 4.02. The molecule has 0 bridgehead atoms. The molecular formula is C22H31N5. The second-order valence-corrected chi connectivity index (χ2v) is 7.04. The second-order valence-electron chi connectivity index (χ2n) is 7.04. The largest absolute Gasteiger partial charge is 0.383 e. The first-order valence-corrected chi connectivity index (χ1v) is 9.59. The SMILES string of the molecule is CCCCCNc1nc(C)c(Cc2ccc(C#CCN(C)C)cc2)c(N)n1. The molecule has 27 heavy (non-hydrogen) atoms. The van der Waals surface area contributed by atoms with Crippen LogP contribution < -0.4 is 11.1 Å². The Morgan fingerprint density at radius 2 is 1.85 bits per heavy atom. The number of nitrogens with one attached hydrogen (secondary N) is 1. The summed E-state index contributed by atoms with van der Waals surface area (Å²) in [6.07, 6.45) is 4.24. The van der Waals surface area contributed by atoms with Crippen molar-refractivity contribution in [3.8, 4) is 11.8 Å². The van der Waals surface area contributed by atoms with Gasteiger partial charge in [-0.2, -0.15) is 4.98 Å². The smallest absolute Gasteiger partial charge is 0.224 e. The summed E-state index contributed by atoms with van der Waals surface area (Å²) in [5.74, 6) is 7.50. The third-order valence-corrected chi connectivity index (χ3v) is 4.27. The molecule has 144 valence electrons. The molecule has 0 fully saturated rings. The maximum atomic E-state index is 6.21. The number of unbranched alkanes of at least 4 members (excludes halogenated alkanes) is 2. The highest BCUT2D eigenvalue weighted by Gasteiger charge is 2.10. The molecule has 0 amide bonds. The summed E-state index contributed by atoms with van der Waals surface area (Å²) in [4.78, 5) is 11.1. The standard InChI is InChI=1S/C22H31N5/c1-5-6-7-14-24-22-25-17(2)20(21(23)26-22)16-19-12-10-18(11-13-19)9-8-15-27(3)4/h10-13H,5-7,14-16H2,1-4H3,(H3,23,24,25,26). The zero-order chi connectivity index (χ0) is 19.6. The van der Waals surface area contributed by atoms with Crippen LogP contribution in [0.5, 0.6) is 0 Å². The van der Waals surface area contributed by atoms with Crippen LogP contribution in [0.3, 0.4) is 0 Å². The first-order chi connectivity index (χ1) is 13.0. The fourth-order valence-electron chi connectivity index (χ4n) is 2.70. The first-order valence-electron chi connectivity index (χ1n) is 9.59. The minimum atomic E-state index is 0.551. The quantitative estimate of drug-likeness (QED) is 0.554. The van der Waals surface area contributed by atoms with E-state index >= 15 is 0 Å². The summed E-state index contributed by atoms with van der Waals surface area (Å²) in [6.45, 7) is 5.82. The van der Waals surface area contributed by atoms with Crippen LogP contribution in [0.2, 0.25) is 0 Å². The number of nitrogen functional groups attached to an aromatic ring is 1. The van der Waals surface area contributed by atoms with Crippen molar-refractivity contribution in [1.82, 2.24) is 14.9 Å². The highest BCUT2D eigenvalue weighted by atomic mass is 15.1. The monoisotopic (exact) mass is 365 g/mol. The van der Waals surface area contributed by atoms with Crippen molar-refractivity contribution < 1.29 is 0 Å². The van der Waals surface area contributed by atoms with E-state index in [9.17, 15) is 0 Å². The Hall–Kier alpha value is -2.58. The molecule has 0 aliphatic carbocycles. The van der Waals surface area contributed by atoms with E-state index in [4.69, 9.17) is 5.73 Å². The van der Waals surface area contributed by atoms with Gasteiger partial charge in [0.05, 0.1) is 6.54 Å². The molecular weight excluding hydrogens is 334 g/mol. The third-order valence-electron chi connectivity index (χ3n) is 4.27. The molecule has 0 saturated carbocycles. The normalized spacial score (nSPS) is 10.6. The average molecular weight is 366 g/mol. The summed E-state index contributed by atoms with van der Waals surface area (Å²) in [5.41, 5.74) is 10.3. The number of aromatic nitrogens is 2. The Bertz CT molecular complexity index is 762. The number of nitrogens with zero attached hydrogens (tertiary/aromatic N) is 3. The van der Waals surface area contributed by atoms with Crippen LogP contribution in [0.25, 0.3) is 0 Å². The molecule has 0 saturated heterocycles. The molecule has 0 aliphatic rings. The van der Waals surface area contributed by atoms with E-state index in [2.05, 4.69) is 51.1 Å². The maximum Gasteiger partial charge on any atom is 0.224 e. The summed E-state index contributed by atoms with van der Waals surface area (Å²) >= 11 is 0. The lowest BCUT2D eigenvalue weighted by Gasteiger charge is -2.12. The van der Waals surface area contributed by atoms with Crippen LogP contribution in [0.1, 0.15) is 48.6 Å². The molecule has 3 N–H and O–H groups in total. The van der Waals surface area contributed by atoms with Crippen molar-refractivity contribution in [1.29, 1.82) is 0 Å². The van der Waals surface area contributed by atoms with E-state index in [-0.39, 0.29) is 0 Å². The Labute approximate surface area is 163 Å². The summed E-state index contributed by atoms with van der Waals surface area (Å²) < 4.78 is 0. The highest BCUT2D eigenvalue weighted by Crippen LogP contribution is 2.20. The number of rotatable bonds is 8. The topological polar surface area (TPSA) is 67.1 Å². The van der Waals surface area contributed by atoms with Crippen LogP contribution in [0.15, 0.2) is 24.3 Å². The minimum Gasteiger partial charge on any atom is -0.383 e. The molecule has 1 aromatic heterocycles. The third kappa shape index (κ3) is 6.92. The predicted molar refractivity (Wildman–Crippen MR) is 114 cm³/mol. The van der Waals surface area contributed by atoms with Crippen molar-refractivity contribution in [2.75, 3.05) is 38.2 Å². The van der Waals surface area contributed by atoms with Gasteiger partial charge in [-0.1, -0.05) is 43.7 Å². The fraction of sp³-hybridized carbons (Fsp3) is 0.455. The van der Waals surface area contributed by atoms with Gasteiger partial charge in [-0.3, -0.25) is 4.90 Å². The first kappa shape index (κ1) is 20.7. The van der Waals surface area contributed by atoms with Crippen LogP contribution >= 0.6 is 0 Å². The average Bonchev–Trinajstić information content (AvgIpc) is 2.63. The van der Waals surface area contributed by atoms with E-state index in [0.29, 0.717) is 11.8 Å². The summed E-state index contributed by atoms with van der Waals surface area (Å²) in [5, 5.41) is 3.27. The van der Waals surface area contributed by atoms with Gasteiger partial charge in [0.1, 0.15) is 5.82 Å². The number of aryl methyl sites for hydroxylation is 1. The molecule has 5 nitrogen and oxygen atoms in total. The molecule has 0 spiro atoms. The van der Waals surface area contributed by atoms with Crippen molar-refractivity contribution in [3.05, 3.63) is 46.6 Å². The van der Waals surface area contributed by atoms with E-state index in [1.807, 2.05) is 33.2 Å². The van der Waals surface area contributed by atoms with E-state index < -0.39 is 0 Å². The molecule has 0 atom stereocenters. The van der Waals surface area contributed by atoms with Gasteiger partial charge >= 0.3 is 0 Å². The van der Waals surface area contributed by atoms with Crippen LogP contribution in [-0.4, -0.2) is 42.1 Å². The van der Waals surface area contributed by atoms with Crippen molar-refractivity contribution in [2.45, 2.75) is 39.5 Å². The van der Waals surface area contributed by atoms with Crippen molar-refractivity contribution in [3.63, 3.8) is 0 Å². The lowest BCUT2D eigenvalue weighted by Crippen LogP contribution is -2.11. The highest BCUT2D eigenvalue weighted by molar-refractivity contribution is 5.49.